The van der Waals surface area contributed by atoms with Crippen molar-refractivity contribution in [3.63, 3.8) is 0 Å². The van der Waals surface area contributed by atoms with Gasteiger partial charge in [-0.15, -0.1) is 0 Å². The Hall–Kier alpha value is -2.76. The van der Waals surface area contributed by atoms with Gasteiger partial charge in [-0.1, -0.05) is 0 Å². The van der Waals surface area contributed by atoms with Gasteiger partial charge in [0, 0.05) is 6.07 Å². The second kappa shape index (κ2) is 4.13. The van der Waals surface area contributed by atoms with E-state index in [1.54, 1.807) is 6.26 Å². The summed E-state index contributed by atoms with van der Waals surface area (Å²) in [5.74, 6) is 1.12. The lowest BCUT2D eigenvalue weighted by molar-refractivity contribution is -0.141. The van der Waals surface area contributed by atoms with Crippen LogP contribution < -0.4 is 9.47 Å². The lowest BCUT2D eigenvalue weighted by atomic mass is 9.79. The molecule has 2 atom stereocenters. The number of fused-ring (bicyclic) bond motifs is 3. The smallest absolute Gasteiger partial charge is 0.316 e. The number of rotatable bonds is 1. The maximum absolute atomic E-state index is 12.2. The molecule has 6 heteroatoms. The molecule has 0 bridgehead atoms. The molecule has 6 nitrogen and oxygen atoms in total. The maximum Gasteiger partial charge on any atom is 0.316 e. The molecule has 2 aromatic rings. The molecule has 2 unspecified atom stereocenters. The highest BCUT2D eigenvalue weighted by atomic mass is 16.7. The van der Waals surface area contributed by atoms with E-state index in [0.29, 0.717) is 11.5 Å². The molecule has 1 aromatic carbocycles. The minimum absolute atomic E-state index is 0.200. The molecule has 0 spiro atoms. The zero-order valence-corrected chi connectivity index (χ0v) is 11.4. The molecule has 3 aliphatic rings. The summed E-state index contributed by atoms with van der Waals surface area (Å²) < 4.78 is 21.6. The van der Waals surface area contributed by atoms with Crippen LogP contribution in [0.5, 0.6) is 11.5 Å². The van der Waals surface area contributed by atoms with Crippen molar-refractivity contribution in [3.8, 4) is 11.5 Å². The number of hydrogen-bond acceptors (Lipinski definition) is 6. The van der Waals surface area contributed by atoms with Crippen LogP contribution in [0.25, 0.3) is 0 Å². The van der Waals surface area contributed by atoms with Gasteiger partial charge in [0.25, 0.3) is 0 Å². The highest BCUT2D eigenvalue weighted by molar-refractivity contribution is 6.11. The van der Waals surface area contributed by atoms with E-state index in [1.807, 2.05) is 24.3 Å². The number of esters is 1. The molecule has 0 amide bonds. The van der Waals surface area contributed by atoms with Crippen LogP contribution in [-0.4, -0.2) is 25.1 Å². The minimum atomic E-state index is -0.431. The molecule has 3 aliphatic heterocycles. The van der Waals surface area contributed by atoms with E-state index in [0.717, 1.165) is 22.7 Å². The third kappa shape index (κ3) is 1.49. The lowest BCUT2D eigenvalue weighted by Crippen LogP contribution is -2.27. The number of benzene rings is 1. The molecule has 5 rings (SSSR count). The summed E-state index contributed by atoms with van der Waals surface area (Å²) in [7, 11) is 0. The van der Waals surface area contributed by atoms with Gasteiger partial charge in [0.1, 0.15) is 18.3 Å². The molecule has 0 saturated carbocycles. The van der Waals surface area contributed by atoms with Gasteiger partial charge in [0.05, 0.1) is 23.6 Å². The monoisotopic (exact) mass is 297 g/mol. The number of cyclic esters (lactones) is 1. The first-order chi connectivity index (χ1) is 10.8. The van der Waals surface area contributed by atoms with Gasteiger partial charge in [0.2, 0.25) is 6.79 Å². The number of carbonyl (C=O) groups is 1. The fraction of sp³-hybridized carbons (Fsp3) is 0.250. The summed E-state index contributed by atoms with van der Waals surface area (Å²) in [5.41, 5.74) is 2.40. The van der Waals surface area contributed by atoms with Gasteiger partial charge in [-0.25, -0.2) is 0 Å². The third-order valence-corrected chi connectivity index (χ3v) is 4.28. The van der Waals surface area contributed by atoms with Crippen LogP contribution in [0.2, 0.25) is 0 Å². The first-order valence-electron chi connectivity index (χ1n) is 7.02. The molecule has 1 saturated heterocycles. The van der Waals surface area contributed by atoms with Crippen LogP contribution in [-0.2, 0) is 9.53 Å². The van der Waals surface area contributed by atoms with Gasteiger partial charge >= 0.3 is 5.97 Å². The number of hydrogen-bond donors (Lipinski definition) is 0. The fourth-order valence-electron chi connectivity index (χ4n) is 3.30. The van der Waals surface area contributed by atoms with E-state index in [9.17, 15) is 4.79 Å². The number of aliphatic imine (C=N–C) groups is 1. The van der Waals surface area contributed by atoms with Gasteiger partial charge in [-0.2, -0.15) is 0 Å². The van der Waals surface area contributed by atoms with Crippen LogP contribution in [0, 0.1) is 5.92 Å². The Balaban J connectivity index is 1.76. The average molecular weight is 297 g/mol. The van der Waals surface area contributed by atoms with Crippen LogP contribution >= 0.6 is 0 Å². The van der Waals surface area contributed by atoms with Crippen molar-refractivity contribution in [2.75, 3.05) is 13.4 Å². The van der Waals surface area contributed by atoms with E-state index < -0.39 is 5.92 Å². The molecule has 4 heterocycles. The van der Waals surface area contributed by atoms with Crippen molar-refractivity contribution in [3.05, 3.63) is 41.9 Å². The van der Waals surface area contributed by atoms with Crippen LogP contribution in [0.4, 0.5) is 5.69 Å². The second-order valence-electron chi connectivity index (χ2n) is 5.45. The Labute approximate surface area is 125 Å². The molecule has 0 aliphatic carbocycles. The molecule has 1 fully saturated rings. The Morgan fingerprint density at radius 3 is 2.77 bits per heavy atom. The van der Waals surface area contributed by atoms with Crippen LogP contribution in [0.15, 0.2) is 39.9 Å². The quantitative estimate of drug-likeness (QED) is 0.756. The molecule has 110 valence electrons. The number of nitrogens with zero attached hydrogens (tertiary/aromatic N) is 1. The maximum atomic E-state index is 12.2. The van der Waals surface area contributed by atoms with Crippen molar-refractivity contribution < 1.29 is 23.4 Å². The predicted octanol–water partition coefficient (Wildman–Crippen LogP) is 2.40. The first kappa shape index (κ1) is 11.9. The summed E-state index contributed by atoms with van der Waals surface area (Å²) in [6.07, 6.45) is 1.60. The third-order valence-electron chi connectivity index (χ3n) is 4.28. The van der Waals surface area contributed by atoms with Crippen molar-refractivity contribution in [1.29, 1.82) is 0 Å². The van der Waals surface area contributed by atoms with Crippen molar-refractivity contribution >= 4 is 17.4 Å². The van der Waals surface area contributed by atoms with Crippen molar-refractivity contribution in [2.45, 2.75) is 5.92 Å². The highest BCUT2D eigenvalue weighted by Gasteiger charge is 2.46. The Kier molecular flexibility index (Phi) is 2.22. The molecule has 0 N–H and O–H groups in total. The summed E-state index contributed by atoms with van der Waals surface area (Å²) in [6.45, 7) is 0.431. The number of furan rings is 1. The van der Waals surface area contributed by atoms with Crippen molar-refractivity contribution in [2.24, 2.45) is 10.9 Å². The van der Waals surface area contributed by atoms with E-state index in [2.05, 4.69) is 4.99 Å². The zero-order valence-electron chi connectivity index (χ0n) is 11.4. The lowest BCUT2D eigenvalue weighted by Gasteiger charge is -2.25. The topological polar surface area (TPSA) is 70.3 Å². The summed E-state index contributed by atoms with van der Waals surface area (Å²) in [6, 6.07) is 7.41. The molecule has 1 aromatic heterocycles. The Morgan fingerprint density at radius 2 is 1.95 bits per heavy atom. The highest BCUT2D eigenvalue weighted by Crippen LogP contribution is 2.49. The summed E-state index contributed by atoms with van der Waals surface area (Å²) >= 11 is 0. The van der Waals surface area contributed by atoms with Gasteiger partial charge in [-0.3, -0.25) is 9.79 Å². The zero-order chi connectivity index (χ0) is 14.7. The van der Waals surface area contributed by atoms with Crippen LogP contribution in [0.1, 0.15) is 17.2 Å². The van der Waals surface area contributed by atoms with Gasteiger partial charge in [0.15, 0.2) is 11.5 Å². The minimum Gasteiger partial charge on any atom is -0.469 e. The summed E-state index contributed by atoms with van der Waals surface area (Å²) in [4.78, 5) is 16.7. The summed E-state index contributed by atoms with van der Waals surface area (Å²) in [5, 5.41) is 0. The standard InChI is InChI=1S/C16H11NO5/c18-16-15-10(6-20-16)17-9-5-13-12(21-7-22-13)4-8(9)14(15)11-2-1-3-19-11/h1-5,14-15H,6-7H2. The largest absolute Gasteiger partial charge is 0.469 e. The molecule has 0 radical (unpaired) electrons. The normalized spacial score (nSPS) is 24.5. The van der Waals surface area contributed by atoms with Gasteiger partial charge in [-0.05, 0) is 23.8 Å². The fourth-order valence-corrected chi connectivity index (χ4v) is 3.30. The molecule has 22 heavy (non-hydrogen) atoms. The predicted molar refractivity (Wildman–Crippen MR) is 74.7 cm³/mol. The second-order valence-corrected chi connectivity index (χ2v) is 5.45. The van der Waals surface area contributed by atoms with E-state index in [1.165, 1.54) is 0 Å². The Morgan fingerprint density at radius 1 is 1.09 bits per heavy atom. The van der Waals surface area contributed by atoms with Crippen molar-refractivity contribution in [1.82, 2.24) is 0 Å². The molecular weight excluding hydrogens is 286 g/mol. The first-order valence-corrected chi connectivity index (χ1v) is 7.02. The van der Waals surface area contributed by atoms with E-state index in [4.69, 9.17) is 18.6 Å². The SMILES string of the molecule is O=C1OCC2=Nc3cc4c(cc3C(c3ccco3)C12)OCO4. The Bertz CT molecular complexity index is 808. The number of carbonyl (C=O) groups excluding carboxylic acids is 1. The van der Waals surface area contributed by atoms with E-state index >= 15 is 0 Å². The van der Waals surface area contributed by atoms with Crippen LogP contribution in [0.3, 0.4) is 0 Å². The van der Waals surface area contributed by atoms with Gasteiger partial charge < -0.3 is 18.6 Å². The number of ether oxygens (including phenoxy) is 3. The molecular formula is C16H11NO5. The average Bonchev–Trinajstić information content (AvgIpc) is 3.24. The van der Waals surface area contributed by atoms with E-state index in [-0.39, 0.29) is 25.3 Å².